The van der Waals surface area contributed by atoms with E-state index in [0.717, 1.165) is 19.3 Å². The molecule has 1 aromatic heterocycles. The highest BCUT2D eigenvalue weighted by Crippen LogP contribution is 2.20. The second kappa shape index (κ2) is 4.80. The molecule has 1 aliphatic carbocycles. The van der Waals surface area contributed by atoms with Crippen molar-refractivity contribution in [3.63, 3.8) is 0 Å². The van der Waals surface area contributed by atoms with Crippen LogP contribution in [-0.2, 0) is 10.0 Å². The molecular formula is C10H15N3O2S. The van der Waals surface area contributed by atoms with Crippen LogP contribution in [0.2, 0.25) is 0 Å². The van der Waals surface area contributed by atoms with Crippen LogP contribution in [0.5, 0.6) is 0 Å². The van der Waals surface area contributed by atoms with Gasteiger partial charge in [0, 0.05) is 12.7 Å². The van der Waals surface area contributed by atoms with Crippen molar-refractivity contribution in [1.29, 1.82) is 0 Å². The third-order valence-corrected chi connectivity index (χ3v) is 4.08. The summed E-state index contributed by atoms with van der Waals surface area (Å²) < 4.78 is 25.9. The summed E-state index contributed by atoms with van der Waals surface area (Å²) in [5.74, 6) is 0. The third-order valence-electron chi connectivity index (χ3n) is 2.66. The van der Waals surface area contributed by atoms with Crippen LogP contribution in [-0.4, -0.2) is 25.2 Å². The van der Waals surface area contributed by atoms with Crippen molar-refractivity contribution in [1.82, 2.24) is 14.9 Å². The van der Waals surface area contributed by atoms with E-state index in [9.17, 15) is 8.42 Å². The quantitative estimate of drug-likeness (QED) is 0.760. The highest BCUT2D eigenvalue weighted by atomic mass is 32.2. The number of hydrogen-bond acceptors (Lipinski definition) is 3. The van der Waals surface area contributed by atoms with Gasteiger partial charge in [0.1, 0.15) is 4.90 Å². The van der Waals surface area contributed by atoms with E-state index in [4.69, 9.17) is 0 Å². The van der Waals surface area contributed by atoms with Gasteiger partial charge in [-0.05, 0) is 25.7 Å². The van der Waals surface area contributed by atoms with Gasteiger partial charge in [-0.2, -0.15) is 5.10 Å². The van der Waals surface area contributed by atoms with Crippen molar-refractivity contribution in [2.75, 3.05) is 6.54 Å². The van der Waals surface area contributed by atoms with Crippen molar-refractivity contribution in [2.24, 2.45) is 0 Å². The van der Waals surface area contributed by atoms with Gasteiger partial charge in [-0.3, -0.25) is 5.10 Å². The summed E-state index contributed by atoms with van der Waals surface area (Å²) in [5, 5.41) is 6.11. The Morgan fingerprint density at radius 3 is 3.00 bits per heavy atom. The molecule has 1 heterocycles. The lowest BCUT2D eigenvalue weighted by molar-refractivity contribution is 0.581. The van der Waals surface area contributed by atoms with Crippen molar-refractivity contribution >= 4 is 10.0 Å². The summed E-state index contributed by atoms with van der Waals surface area (Å²) in [6.07, 6.45) is 9.11. The Bertz CT molecular complexity index is 462. The maximum atomic E-state index is 11.7. The van der Waals surface area contributed by atoms with Gasteiger partial charge in [-0.15, -0.1) is 0 Å². The van der Waals surface area contributed by atoms with E-state index in [1.54, 1.807) is 0 Å². The van der Waals surface area contributed by atoms with Gasteiger partial charge >= 0.3 is 0 Å². The fourth-order valence-corrected chi connectivity index (χ4v) is 2.72. The topological polar surface area (TPSA) is 74.8 Å². The summed E-state index contributed by atoms with van der Waals surface area (Å²) in [6, 6.07) is 0. The van der Waals surface area contributed by atoms with E-state index in [2.05, 4.69) is 21.0 Å². The SMILES string of the molecule is O=S(=O)(NCCC1=CCCC1)c1cn[nH]c1. The van der Waals surface area contributed by atoms with Crippen LogP contribution in [0.15, 0.2) is 28.9 Å². The van der Waals surface area contributed by atoms with Crippen molar-refractivity contribution < 1.29 is 8.42 Å². The zero-order valence-corrected chi connectivity index (χ0v) is 9.76. The van der Waals surface area contributed by atoms with Gasteiger partial charge in [0.15, 0.2) is 0 Å². The zero-order valence-electron chi connectivity index (χ0n) is 8.94. The molecule has 1 aliphatic rings. The van der Waals surface area contributed by atoms with Crippen molar-refractivity contribution in [2.45, 2.75) is 30.6 Å². The Labute approximate surface area is 95.0 Å². The van der Waals surface area contributed by atoms with E-state index in [1.807, 2.05) is 0 Å². The van der Waals surface area contributed by atoms with Gasteiger partial charge in [0.05, 0.1) is 6.20 Å². The molecule has 0 bridgehead atoms. The molecule has 0 saturated carbocycles. The van der Waals surface area contributed by atoms with E-state index < -0.39 is 10.0 Å². The summed E-state index contributed by atoms with van der Waals surface area (Å²) in [4.78, 5) is 0.188. The Hall–Kier alpha value is -1.14. The van der Waals surface area contributed by atoms with E-state index in [0.29, 0.717) is 6.54 Å². The first-order valence-electron chi connectivity index (χ1n) is 5.35. The zero-order chi connectivity index (χ0) is 11.4. The molecule has 16 heavy (non-hydrogen) atoms. The maximum absolute atomic E-state index is 11.7. The lowest BCUT2D eigenvalue weighted by Gasteiger charge is -2.04. The monoisotopic (exact) mass is 241 g/mol. The van der Waals surface area contributed by atoms with E-state index in [-0.39, 0.29) is 4.90 Å². The largest absolute Gasteiger partial charge is 0.284 e. The average Bonchev–Trinajstić information content (AvgIpc) is 2.90. The van der Waals surface area contributed by atoms with E-state index >= 15 is 0 Å². The molecule has 88 valence electrons. The molecule has 2 rings (SSSR count). The Morgan fingerprint density at radius 2 is 2.38 bits per heavy atom. The first-order chi connectivity index (χ1) is 7.68. The van der Waals surface area contributed by atoms with Crippen LogP contribution in [0.1, 0.15) is 25.7 Å². The molecule has 0 amide bonds. The summed E-state index contributed by atoms with van der Waals surface area (Å²) in [5.41, 5.74) is 1.36. The Balaban J connectivity index is 1.86. The van der Waals surface area contributed by atoms with E-state index in [1.165, 1.54) is 24.4 Å². The van der Waals surface area contributed by atoms with Crippen molar-refractivity contribution in [3.8, 4) is 0 Å². The first-order valence-corrected chi connectivity index (χ1v) is 6.83. The molecular weight excluding hydrogens is 226 g/mol. The standard InChI is InChI=1S/C10H15N3O2S/c14-16(15,10-7-11-12-8-10)13-6-5-9-3-1-2-4-9/h3,7-8,13H,1-2,4-6H2,(H,11,12). The number of sulfonamides is 1. The predicted molar refractivity (Wildman–Crippen MR) is 60.3 cm³/mol. The van der Waals surface area contributed by atoms with Crippen LogP contribution in [0.4, 0.5) is 0 Å². The number of aromatic amines is 1. The average molecular weight is 241 g/mol. The fourth-order valence-electron chi connectivity index (χ4n) is 1.78. The smallest absolute Gasteiger partial charge is 0.243 e. The minimum Gasteiger partial charge on any atom is -0.284 e. The molecule has 0 saturated heterocycles. The molecule has 6 heteroatoms. The van der Waals surface area contributed by atoms with Crippen LogP contribution in [0, 0.1) is 0 Å². The number of hydrogen-bond donors (Lipinski definition) is 2. The van der Waals surface area contributed by atoms with Gasteiger partial charge in [0.2, 0.25) is 10.0 Å². The molecule has 2 N–H and O–H groups in total. The second-order valence-electron chi connectivity index (χ2n) is 3.84. The number of nitrogens with zero attached hydrogens (tertiary/aromatic N) is 1. The summed E-state index contributed by atoms with van der Waals surface area (Å²) >= 11 is 0. The highest BCUT2D eigenvalue weighted by molar-refractivity contribution is 7.89. The molecule has 0 aromatic carbocycles. The van der Waals surface area contributed by atoms with Crippen LogP contribution < -0.4 is 4.72 Å². The normalized spacial score (nSPS) is 16.4. The highest BCUT2D eigenvalue weighted by Gasteiger charge is 2.14. The molecule has 0 atom stereocenters. The molecule has 0 fully saturated rings. The minimum atomic E-state index is -3.38. The van der Waals surface area contributed by atoms with Crippen LogP contribution in [0.3, 0.4) is 0 Å². The molecule has 1 aromatic rings. The Morgan fingerprint density at radius 1 is 1.50 bits per heavy atom. The third kappa shape index (κ3) is 2.70. The van der Waals surface area contributed by atoms with Gasteiger partial charge in [-0.25, -0.2) is 13.1 Å². The summed E-state index contributed by atoms with van der Waals surface area (Å²) in [7, 11) is -3.38. The number of allylic oxidation sites excluding steroid dienone is 1. The summed E-state index contributed by atoms with van der Waals surface area (Å²) in [6.45, 7) is 0.458. The van der Waals surface area contributed by atoms with Gasteiger partial charge in [-0.1, -0.05) is 11.6 Å². The lowest BCUT2D eigenvalue weighted by Crippen LogP contribution is -2.24. The van der Waals surface area contributed by atoms with Crippen LogP contribution >= 0.6 is 0 Å². The molecule has 0 aliphatic heterocycles. The van der Waals surface area contributed by atoms with Gasteiger partial charge in [0.25, 0.3) is 0 Å². The number of nitrogens with one attached hydrogen (secondary N) is 2. The Kier molecular flexibility index (Phi) is 3.40. The second-order valence-corrected chi connectivity index (χ2v) is 5.60. The van der Waals surface area contributed by atoms with Crippen LogP contribution in [0.25, 0.3) is 0 Å². The fraction of sp³-hybridized carbons (Fsp3) is 0.500. The predicted octanol–water partition coefficient (Wildman–Crippen LogP) is 1.19. The maximum Gasteiger partial charge on any atom is 0.243 e. The first kappa shape index (κ1) is 11.3. The lowest BCUT2D eigenvalue weighted by atomic mass is 10.2. The molecule has 5 nitrogen and oxygen atoms in total. The molecule has 0 spiro atoms. The number of aromatic nitrogens is 2. The van der Waals surface area contributed by atoms with Crippen molar-refractivity contribution in [3.05, 3.63) is 24.0 Å². The van der Waals surface area contributed by atoms with Gasteiger partial charge < -0.3 is 0 Å². The number of rotatable bonds is 5. The number of H-pyrrole nitrogens is 1. The molecule has 0 radical (unpaired) electrons. The minimum absolute atomic E-state index is 0.188. The molecule has 0 unspecified atom stereocenters.